The summed E-state index contributed by atoms with van der Waals surface area (Å²) in [5, 5.41) is 18.3. The molecule has 2 N–H and O–H groups in total. The lowest BCUT2D eigenvalue weighted by Gasteiger charge is -2.09. The van der Waals surface area contributed by atoms with Gasteiger partial charge in [0.2, 0.25) is 0 Å². The maximum Gasteiger partial charge on any atom is 0.158 e. The number of benzene rings is 1. The lowest BCUT2D eigenvalue weighted by atomic mass is 9.99. The number of aryl methyl sites for hydroxylation is 2. The molecule has 0 bridgehead atoms. The van der Waals surface area contributed by atoms with Crippen molar-refractivity contribution in [1.82, 2.24) is 0 Å². The largest absolute Gasteiger partial charge is 0.508 e. The molecule has 0 amide bonds. The number of hydrogen-bond donors (Lipinski definition) is 2. The van der Waals surface area contributed by atoms with Crippen LogP contribution in [0.25, 0.3) is 0 Å². The molecule has 0 fully saturated rings. The molecule has 3 heteroatoms. The van der Waals surface area contributed by atoms with Crippen molar-refractivity contribution in [2.75, 3.05) is 6.61 Å². The normalized spacial score (nSPS) is 10.4. The first-order valence-electron chi connectivity index (χ1n) is 5.46. The molecule has 0 aromatic heterocycles. The summed E-state index contributed by atoms with van der Waals surface area (Å²) in [5.41, 5.74) is 2.98. The predicted molar refractivity (Wildman–Crippen MR) is 62.6 cm³/mol. The molecule has 3 nitrogen and oxygen atoms in total. The van der Waals surface area contributed by atoms with E-state index in [9.17, 15) is 9.90 Å². The number of hydrogen-bond acceptors (Lipinski definition) is 3. The molecule has 0 aliphatic rings. The molecule has 0 unspecified atom stereocenters. The molecule has 88 valence electrons. The number of Topliss-reactive ketones (excluding diaryl/α,β-unsaturated/α-hetero) is 1. The van der Waals surface area contributed by atoms with Crippen LogP contribution in [0.5, 0.6) is 5.75 Å². The highest BCUT2D eigenvalue weighted by Crippen LogP contribution is 2.24. The van der Waals surface area contributed by atoms with Gasteiger partial charge in [-0.25, -0.2) is 0 Å². The van der Waals surface area contributed by atoms with E-state index in [0.717, 1.165) is 16.7 Å². The van der Waals surface area contributed by atoms with Crippen molar-refractivity contribution in [3.63, 3.8) is 0 Å². The van der Waals surface area contributed by atoms with E-state index in [0.29, 0.717) is 25.0 Å². The summed E-state index contributed by atoms with van der Waals surface area (Å²) >= 11 is 0. The van der Waals surface area contributed by atoms with E-state index < -0.39 is 6.61 Å². The smallest absolute Gasteiger partial charge is 0.158 e. The fraction of sp³-hybridized carbons (Fsp3) is 0.462. The van der Waals surface area contributed by atoms with Gasteiger partial charge < -0.3 is 10.2 Å². The van der Waals surface area contributed by atoms with Crippen LogP contribution < -0.4 is 0 Å². The molecule has 0 atom stereocenters. The predicted octanol–water partition coefficient (Wildman–Crippen LogP) is 1.89. The molecule has 0 aliphatic heterocycles. The third kappa shape index (κ3) is 3.35. The number of rotatable bonds is 5. The van der Waals surface area contributed by atoms with E-state index in [4.69, 9.17) is 5.11 Å². The van der Waals surface area contributed by atoms with Crippen LogP contribution in [0.2, 0.25) is 0 Å². The molecular formula is C13H18O3. The Kier molecular flexibility index (Phi) is 4.50. The van der Waals surface area contributed by atoms with Crippen molar-refractivity contribution in [2.45, 2.75) is 33.1 Å². The van der Waals surface area contributed by atoms with Gasteiger partial charge in [-0.05, 0) is 49.4 Å². The number of aliphatic hydroxyl groups is 1. The van der Waals surface area contributed by atoms with Crippen molar-refractivity contribution in [3.05, 3.63) is 28.8 Å². The Morgan fingerprint density at radius 1 is 1.31 bits per heavy atom. The second-order valence-corrected chi connectivity index (χ2v) is 4.13. The minimum Gasteiger partial charge on any atom is -0.508 e. The molecule has 0 saturated carbocycles. The molecule has 1 aromatic rings. The summed E-state index contributed by atoms with van der Waals surface area (Å²) < 4.78 is 0. The van der Waals surface area contributed by atoms with Gasteiger partial charge in [0.15, 0.2) is 5.78 Å². The molecule has 16 heavy (non-hydrogen) atoms. The van der Waals surface area contributed by atoms with Crippen molar-refractivity contribution in [3.8, 4) is 5.75 Å². The molecule has 0 radical (unpaired) electrons. The lowest BCUT2D eigenvalue weighted by Crippen LogP contribution is -2.04. The molecule has 0 saturated heterocycles. The van der Waals surface area contributed by atoms with E-state index in [2.05, 4.69) is 0 Å². The summed E-state index contributed by atoms with van der Waals surface area (Å²) in [7, 11) is 0. The van der Waals surface area contributed by atoms with Crippen molar-refractivity contribution >= 4 is 5.78 Å². The van der Waals surface area contributed by atoms with Gasteiger partial charge >= 0.3 is 0 Å². The van der Waals surface area contributed by atoms with Crippen LogP contribution in [-0.2, 0) is 11.2 Å². The lowest BCUT2D eigenvalue weighted by molar-refractivity contribution is -0.121. The second kappa shape index (κ2) is 5.66. The number of aromatic hydroxyl groups is 1. The fourth-order valence-corrected chi connectivity index (χ4v) is 1.84. The Hall–Kier alpha value is -1.35. The van der Waals surface area contributed by atoms with Crippen LogP contribution in [0.1, 0.15) is 29.5 Å². The summed E-state index contributed by atoms with van der Waals surface area (Å²) in [5.74, 6) is 0.151. The van der Waals surface area contributed by atoms with Gasteiger partial charge in [-0.2, -0.15) is 0 Å². The van der Waals surface area contributed by atoms with E-state index in [1.807, 2.05) is 19.9 Å². The third-order valence-corrected chi connectivity index (χ3v) is 2.65. The van der Waals surface area contributed by atoms with Crippen molar-refractivity contribution in [2.24, 2.45) is 0 Å². The highest BCUT2D eigenvalue weighted by molar-refractivity contribution is 5.79. The topological polar surface area (TPSA) is 57.5 Å². The first kappa shape index (κ1) is 12.7. The maximum absolute atomic E-state index is 10.9. The van der Waals surface area contributed by atoms with Crippen LogP contribution in [0.3, 0.4) is 0 Å². The van der Waals surface area contributed by atoms with Crippen molar-refractivity contribution in [1.29, 1.82) is 0 Å². The van der Waals surface area contributed by atoms with Gasteiger partial charge in [0, 0.05) is 6.42 Å². The maximum atomic E-state index is 10.9. The van der Waals surface area contributed by atoms with Gasteiger partial charge in [0.25, 0.3) is 0 Å². The zero-order valence-corrected chi connectivity index (χ0v) is 9.79. The number of phenols is 1. The SMILES string of the molecule is Cc1cc(C)c(CCCC(=O)CO)c(O)c1. The van der Waals surface area contributed by atoms with Crippen LogP contribution >= 0.6 is 0 Å². The zero-order chi connectivity index (χ0) is 12.1. The van der Waals surface area contributed by atoms with Gasteiger partial charge in [-0.3, -0.25) is 4.79 Å². The Morgan fingerprint density at radius 2 is 2.00 bits per heavy atom. The van der Waals surface area contributed by atoms with Crippen LogP contribution in [-0.4, -0.2) is 22.6 Å². The van der Waals surface area contributed by atoms with E-state index in [1.54, 1.807) is 6.07 Å². The highest BCUT2D eigenvalue weighted by Gasteiger charge is 2.07. The first-order valence-corrected chi connectivity index (χ1v) is 5.46. The Morgan fingerprint density at radius 3 is 2.56 bits per heavy atom. The van der Waals surface area contributed by atoms with Gasteiger partial charge in [0.1, 0.15) is 12.4 Å². The zero-order valence-electron chi connectivity index (χ0n) is 9.79. The first-order chi connectivity index (χ1) is 7.54. The highest BCUT2D eigenvalue weighted by atomic mass is 16.3. The van der Waals surface area contributed by atoms with Crippen LogP contribution in [0.15, 0.2) is 12.1 Å². The van der Waals surface area contributed by atoms with E-state index in [1.165, 1.54) is 0 Å². The number of aliphatic hydroxyl groups excluding tert-OH is 1. The minimum atomic E-state index is -0.390. The average molecular weight is 222 g/mol. The minimum absolute atomic E-state index is 0.149. The monoisotopic (exact) mass is 222 g/mol. The van der Waals surface area contributed by atoms with E-state index >= 15 is 0 Å². The Bertz CT molecular complexity index is 360. The standard InChI is InChI=1S/C13H18O3/c1-9-6-10(2)12(13(16)7-9)5-3-4-11(15)8-14/h6-7,14,16H,3-5,8H2,1-2H3. The second-order valence-electron chi connectivity index (χ2n) is 4.13. The molecular weight excluding hydrogens is 204 g/mol. The molecule has 1 rings (SSSR count). The summed E-state index contributed by atoms with van der Waals surface area (Å²) in [6.07, 6.45) is 1.70. The van der Waals surface area contributed by atoms with Gasteiger partial charge in [-0.1, -0.05) is 6.07 Å². The number of ketones is 1. The fourth-order valence-electron chi connectivity index (χ4n) is 1.84. The number of carbonyl (C=O) groups is 1. The quantitative estimate of drug-likeness (QED) is 0.800. The van der Waals surface area contributed by atoms with Gasteiger partial charge in [-0.15, -0.1) is 0 Å². The Labute approximate surface area is 95.7 Å². The summed E-state index contributed by atoms with van der Waals surface area (Å²) in [4.78, 5) is 10.9. The summed E-state index contributed by atoms with van der Waals surface area (Å²) in [6.45, 7) is 3.50. The number of carbonyl (C=O) groups excluding carboxylic acids is 1. The van der Waals surface area contributed by atoms with Gasteiger partial charge in [0.05, 0.1) is 0 Å². The molecule has 1 aromatic carbocycles. The summed E-state index contributed by atoms with van der Waals surface area (Å²) in [6, 6.07) is 3.75. The van der Waals surface area contributed by atoms with Crippen molar-refractivity contribution < 1.29 is 15.0 Å². The molecule has 0 heterocycles. The van der Waals surface area contributed by atoms with Crippen LogP contribution in [0, 0.1) is 13.8 Å². The van der Waals surface area contributed by atoms with E-state index in [-0.39, 0.29) is 5.78 Å². The average Bonchev–Trinajstić information content (AvgIpc) is 2.21. The van der Waals surface area contributed by atoms with Crippen LogP contribution in [0.4, 0.5) is 0 Å². The molecule has 0 spiro atoms. The third-order valence-electron chi connectivity index (χ3n) is 2.65. The molecule has 0 aliphatic carbocycles. The Balaban J connectivity index is 2.64. The number of phenolic OH excluding ortho intramolecular Hbond substituents is 1.